The fourth-order valence-corrected chi connectivity index (χ4v) is 2.38. The van der Waals surface area contributed by atoms with E-state index in [2.05, 4.69) is 0 Å². The molecule has 0 saturated carbocycles. The van der Waals surface area contributed by atoms with Gasteiger partial charge in [0.05, 0.1) is 24.3 Å². The summed E-state index contributed by atoms with van der Waals surface area (Å²) >= 11 is 0. The molecule has 0 unspecified atom stereocenters. The summed E-state index contributed by atoms with van der Waals surface area (Å²) in [6.45, 7) is 2.00. The first kappa shape index (κ1) is 16.5. The molecule has 1 aromatic rings. The zero-order chi connectivity index (χ0) is 17.1. The molecular weight excluding hydrogens is 302 g/mol. The summed E-state index contributed by atoms with van der Waals surface area (Å²) in [7, 11) is 0. The summed E-state index contributed by atoms with van der Waals surface area (Å²) < 4.78 is 4.70. The number of hydrogen-bond donors (Lipinski definition) is 0. The molecule has 2 rings (SSSR count). The van der Waals surface area contributed by atoms with E-state index in [-0.39, 0.29) is 17.7 Å². The number of ether oxygens (including phenoxy) is 1. The van der Waals surface area contributed by atoms with E-state index in [0.29, 0.717) is 0 Å². The summed E-state index contributed by atoms with van der Waals surface area (Å²) in [5.41, 5.74) is 0.390. The molecule has 1 aliphatic heterocycles. The molecule has 0 fully saturated rings. The van der Waals surface area contributed by atoms with Crippen molar-refractivity contribution < 1.29 is 28.7 Å². The first-order valence-electron chi connectivity index (χ1n) is 7.03. The Hall–Kier alpha value is -2.83. The van der Waals surface area contributed by atoms with E-state index in [0.717, 1.165) is 11.8 Å². The van der Waals surface area contributed by atoms with Crippen molar-refractivity contribution in [1.82, 2.24) is 4.90 Å². The van der Waals surface area contributed by atoms with Gasteiger partial charge in [-0.3, -0.25) is 28.9 Å². The average molecular weight is 317 g/mol. The van der Waals surface area contributed by atoms with Crippen LogP contribution in [-0.2, 0) is 19.1 Å². The van der Waals surface area contributed by atoms with Crippen molar-refractivity contribution in [2.45, 2.75) is 13.8 Å². The van der Waals surface area contributed by atoms with Crippen LogP contribution in [0.3, 0.4) is 0 Å². The van der Waals surface area contributed by atoms with Crippen molar-refractivity contribution in [1.29, 1.82) is 0 Å². The average Bonchev–Trinajstić information content (AvgIpc) is 2.73. The molecule has 2 amide bonds. The molecule has 120 valence electrons. The number of nitrogens with zero attached hydrogens (tertiary/aromatic N) is 1. The van der Waals surface area contributed by atoms with E-state index < -0.39 is 41.8 Å². The topological polar surface area (TPSA) is 97.8 Å². The van der Waals surface area contributed by atoms with Crippen molar-refractivity contribution in [3.8, 4) is 0 Å². The van der Waals surface area contributed by atoms with Crippen molar-refractivity contribution in [2.24, 2.45) is 5.92 Å². The number of carbonyl (C=O) groups is 5. The lowest BCUT2D eigenvalue weighted by molar-refractivity contribution is -0.154. The number of benzene rings is 1. The fourth-order valence-electron chi connectivity index (χ4n) is 2.38. The van der Waals surface area contributed by atoms with Crippen LogP contribution in [0.15, 0.2) is 24.3 Å². The highest BCUT2D eigenvalue weighted by atomic mass is 16.5. The van der Waals surface area contributed by atoms with E-state index >= 15 is 0 Å². The van der Waals surface area contributed by atoms with Crippen molar-refractivity contribution in [3.05, 3.63) is 35.4 Å². The van der Waals surface area contributed by atoms with Gasteiger partial charge in [0.1, 0.15) is 0 Å². The van der Waals surface area contributed by atoms with Gasteiger partial charge in [-0.05, 0) is 26.0 Å². The summed E-state index contributed by atoms with van der Waals surface area (Å²) in [5.74, 6) is -5.37. The van der Waals surface area contributed by atoms with Crippen molar-refractivity contribution in [3.63, 3.8) is 0 Å². The van der Waals surface area contributed by atoms with Crippen molar-refractivity contribution >= 4 is 29.4 Å². The van der Waals surface area contributed by atoms with Crippen LogP contribution in [0.4, 0.5) is 0 Å². The molecule has 0 aliphatic carbocycles. The molecule has 0 saturated heterocycles. The monoisotopic (exact) mass is 317 g/mol. The molecule has 7 heteroatoms. The number of hydrogen-bond acceptors (Lipinski definition) is 6. The molecule has 0 spiro atoms. The Kier molecular flexibility index (Phi) is 4.68. The maximum atomic E-state index is 12.2. The molecule has 1 aromatic carbocycles. The van der Waals surface area contributed by atoms with Gasteiger partial charge in [0, 0.05) is 0 Å². The van der Waals surface area contributed by atoms with Gasteiger partial charge in [0.25, 0.3) is 11.8 Å². The van der Waals surface area contributed by atoms with Gasteiger partial charge in [-0.15, -0.1) is 0 Å². The standard InChI is InChI=1S/C16H15NO6/c1-3-23-16(22)13(9(2)18)12(19)8-17-14(20)10-6-4-5-7-11(10)15(17)21/h4-7,13H,3,8H2,1-2H3/t13-/m1/s1. The highest BCUT2D eigenvalue weighted by molar-refractivity contribution is 6.24. The van der Waals surface area contributed by atoms with E-state index in [1.807, 2.05) is 0 Å². The minimum Gasteiger partial charge on any atom is -0.465 e. The predicted octanol–water partition coefficient (Wildman–Crippen LogP) is 0.620. The number of fused-ring (bicyclic) bond motifs is 1. The van der Waals surface area contributed by atoms with Crippen LogP contribution in [-0.4, -0.2) is 47.4 Å². The van der Waals surface area contributed by atoms with Crippen LogP contribution in [0.25, 0.3) is 0 Å². The molecule has 23 heavy (non-hydrogen) atoms. The third kappa shape index (κ3) is 3.03. The summed E-state index contributed by atoms with van der Waals surface area (Å²) in [5, 5.41) is 0. The molecule has 1 atom stereocenters. The molecule has 0 N–H and O–H groups in total. The second-order valence-corrected chi connectivity index (χ2v) is 5.00. The highest BCUT2D eigenvalue weighted by Crippen LogP contribution is 2.22. The van der Waals surface area contributed by atoms with E-state index in [4.69, 9.17) is 4.74 Å². The van der Waals surface area contributed by atoms with Gasteiger partial charge in [0.2, 0.25) is 0 Å². The SMILES string of the molecule is CCOC(=O)[C@H](C(C)=O)C(=O)CN1C(=O)c2ccccc2C1=O. The highest BCUT2D eigenvalue weighted by Gasteiger charge is 2.40. The molecule has 7 nitrogen and oxygen atoms in total. The van der Waals surface area contributed by atoms with Crippen LogP contribution in [0.2, 0.25) is 0 Å². The van der Waals surface area contributed by atoms with Gasteiger partial charge < -0.3 is 4.74 Å². The zero-order valence-electron chi connectivity index (χ0n) is 12.7. The van der Waals surface area contributed by atoms with Gasteiger partial charge in [-0.2, -0.15) is 0 Å². The van der Waals surface area contributed by atoms with E-state index in [1.54, 1.807) is 19.1 Å². The van der Waals surface area contributed by atoms with Gasteiger partial charge in [-0.25, -0.2) is 0 Å². The predicted molar refractivity (Wildman–Crippen MR) is 77.6 cm³/mol. The molecule has 0 bridgehead atoms. The van der Waals surface area contributed by atoms with Gasteiger partial charge >= 0.3 is 5.97 Å². The largest absolute Gasteiger partial charge is 0.465 e. The Bertz CT molecular complexity index is 673. The summed E-state index contributed by atoms with van der Waals surface area (Å²) in [6.07, 6.45) is 0. The minimum absolute atomic E-state index is 0.0168. The number of rotatable bonds is 6. The summed E-state index contributed by atoms with van der Waals surface area (Å²) in [4.78, 5) is 60.6. The normalized spacial score (nSPS) is 14.4. The Labute approximate surface area is 132 Å². The van der Waals surface area contributed by atoms with E-state index in [1.165, 1.54) is 12.1 Å². The third-order valence-corrected chi connectivity index (χ3v) is 3.44. The number of carbonyl (C=O) groups excluding carboxylic acids is 5. The van der Waals surface area contributed by atoms with Crippen molar-refractivity contribution in [2.75, 3.05) is 13.2 Å². The van der Waals surface area contributed by atoms with Gasteiger partial charge in [-0.1, -0.05) is 12.1 Å². The lowest BCUT2D eigenvalue weighted by Crippen LogP contribution is -2.42. The number of amides is 2. The van der Waals surface area contributed by atoms with Gasteiger partial charge in [0.15, 0.2) is 17.5 Å². The Morgan fingerprint density at radius 2 is 1.61 bits per heavy atom. The molecule has 1 heterocycles. The van der Waals surface area contributed by atoms with Crippen LogP contribution in [0.5, 0.6) is 0 Å². The van der Waals surface area contributed by atoms with Crippen LogP contribution < -0.4 is 0 Å². The molecular formula is C16H15NO6. The maximum Gasteiger partial charge on any atom is 0.324 e. The lowest BCUT2D eigenvalue weighted by Gasteiger charge is -2.16. The van der Waals surface area contributed by atoms with E-state index in [9.17, 15) is 24.0 Å². The molecule has 0 aromatic heterocycles. The number of ketones is 2. The number of Topliss-reactive ketones (excluding diaryl/α,β-unsaturated/α-hetero) is 2. The number of imide groups is 1. The Morgan fingerprint density at radius 3 is 2.04 bits per heavy atom. The fraction of sp³-hybridized carbons (Fsp3) is 0.312. The third-order valence-electron chi connectivity index (χ3n) is 3.44. The van der Waals surface area contributed by atoms with Crippen LogP contribution in [0.1, 0.15) is 34.6 Å². The summed E-state index contributed by atoms with van der Waals surface area (Å²) in [6, 6.07) is 6.17. The smallest absolute Gasteiger partial charge is 0.324 e. The molecule has 1 aliphatic rings. The lowest BCUT2D eigenvalue weighted by atomic mass is 9.99. The van der Waals surface area contributed by atoms with Crippen LogP contribution in [0, 0.1) is 5.92 Å². The molecule has 0 radical (unpaired) electrons. The Balaban J connectivity index is 2.20. The Morgan fingerprint density at radius 1 is 1.09 bits per heavy atom. The first-order valence-corrected chi connectivity index (χ1v) is 7.03. The second-order valence-electron chi connectivity index (χ2n) is 5.00. The van der Waals surface area contributed by atoms with Crippen LogP contribution >= 0.6 is 0 Å². The number of esters is 1. The minimum atomic E-state index is -1.63. The second kappa shape index (κ2) is 6.51. The zero-order valence-corrected chi connectivity index (χ0v) is 12.7. The first-order chi connectivity index (χ1) is 10.9. The maximum absolute atomic E-state index is 12.2. The quantitative estimate of drug-likeness (QED) is 0.433.